The molecule has 0 aliphatic rings. The van der Waals surface area contributed by atoms with E-state index in [1.165, 1.54) is 5.39 Å². The van der Waals surface area contributed by atoms with Gasteiger partial charge in [-0.3, -0.25) is 0 Å². The number of pyridine rings is 1. The lowest BCUT2D eigenvalue weighted by molar-refractivity contribution is 0.669. The summed E-state index contributed by atoms with van der Waals surface area (Å²) in [4.78, 5) is 19.9. The molecule has 51 heavy (non-hydrogen) atoms. The zero-order valence-corrected chi connectivity index (χ0v) is 27.4. The first-order valence-corrected chi connectivity index (χ1v) is 17.0. The first kappa shape index (κ1) is 29.0. The molecule has 0 fully saturated rings. The summed E-state index contributed by atoms with van der Waals surface area (Å²) in [5, 5.41) is 5.52. The number of furan rings is 1. The molecule has 0 aliphatic carbocycles. The molecule has 10 aromatic rings. The van der Waals surface area contributed by atoms with Crippen molar-refractivity contribution in [2.24, 2.45) is 0 Å². The van der Waals surface area contributed by atoms with Crippen LogP contribution in [0, 0.1) is 0 Å². The molecule has 0 unspecified atom stereocenters. The summed E-state index contributed by atoms with van der Waals surface area (Å²) < 4.78 is 6.61. The Morgan fingerprint density at radius 1 is 0.373 bits per heavy atom. The van der Waals surface area contributed by atoms with Crippen LogP contribution in [0.5, 0.6) is 0 Å². The van der Waals surface area contributed by atoms with Crippen molar-refractivity contribution in [1.82, 2.24) is 19.9 Å². The van der Waals surface area contributed by atoms with Crippen molar-refractivity contribution in [1.29, 1.82) is 0 Å². The van der Waals surface area contributed by atoms with Crippen molar-refractivity contribution in [3.05, 3.63) is 170 Å². The van der Waals surface area contributed by atoms with Crippen LogP contribution in [0.25, 0.3) is 100 Å². The van der Waals surface area contributed by atoms with Crippen LogP contribution >= 0.6 is 0 Å². The lowest BCUT2D eigenvalue weighted by atomic mass is 9.96. The minimum atomic E-state index is 0.629. The van der Waals surface area contributed by atoms with Gasteiger partial charge in [-0.2, -0.15) is 0 Å². The first-order valence-electron chi connectivity index (χ1n) is 17.0. The Bertz CT molecular complexity index is 2840. The smallest absolute Gasteiger partial charge is 0.164 e. The molecule has 3 heterocycles. The van der Waals surface area contributed by atoms with Crippen LogP contribution in [0.15, 0.2) is 174 Å². The van der Waals surface area contributed by atoms with Gasteiger partial charge in [0, 0.05) is 38.4 Å². The second-order valence-corrected chi connectivity index (χ2v) is 12.6. The van der Waals surface area contributed by atoms with Gasteiger partial charge in [0.1, 0.15) is 11.3 Å². The van der Waals surface area contributed by atoms with E-state index in [0.29, 0.717) is 17.5 Å². The quantitative estimate of drug-likeness (QED) is 0.185. The second-order valence-electron chi connectivity index (χ2n) is 12.6. The molecule has 10 rings (SSSR count). The molecular weight excluding hydrogens is 625 g/mol. The predicted molar refractivity (Wildman–Crippen MR) is 207 cm³/mol. The van der Waals surface area contributed by atoms with Crippen LogP contribution in [0.3, 0.4) is 0 Å². The molecule has 3 aromatic heterocycles. The summed E-state index contributed by atoms with van der Waals surface area (Å²) in [6.45, 7) is 0. The molecule has 7 aromatic carbocycles. The van der Waals surface area contributed by atoms with E-state index in [9.17, 15) is 0 Å². The molecule has 0 atom stereocenters. The van der Waals surface area contributed by atoms with Crippen LogP contribution in [-0.2, 0) is 0 Å². The molecule has 0 saturated heterocycles. The van der Waals surface area contributed by atoms with Crippen molar-refractivity contribution in [3.8, 4) is 56.5 Å². The Morgan fingerprint density at radius 2 is 0.922 bits per heavy atom. The van der Waals surface area contributed by atoms with Crippen molar-refractivity contribution in [3.63, 3.8) is 0 Å². The largest absolute Gasteiger partial charge is 0.454 e. The van der Waals surface area contributed by atoms with Crippen LogP contribution in [0.4, 0.5) is 0 Å². The summed E-state index contributed by atoms with van der Waals surface area (Å²) >= 11 is 0. The van der Waals surface area contributed by atoms with E-state index in [0.717, 1.165) is 77.3 Å². The van der Waals surface area contributed by atoms with Gasteiger partial charge >= 0.3 is 0 Å². The number of hydrogen-bond donors (Lipinski definition) is 0. The number of nitrogens with zero attached hydrogens (tertiary/aromatic N) is 4. The molecule has 238 valence electrons. The van der Waals surface area contributed by atoms with E-state index in [1.807, 2.05) is 72.8 Å². The Hall–Kier alpha value is -6.98. The van der Waals surface area contributed by atoms with Gasteiger partial charge in [-0.1, -0.05) is 152 Å². The maximum Gasteiger partial charge on any atom is 0.164 e. The maximum absolute atomic E-state index is 6.61. The fourth-order valence-electron chi connectivity index (χ4n) is 7.03. The topological polar surface area (TPSA) is 64.7 Å². The third-order valence-corrected chi connectivity index (χ3v) is 9.53. The zero-order valence-electron chi connectivity index (χ0n) is 27.4. The summed E-state index contributed by atoms with van der Waals surface area (Å²) in [6, 6.07) is 58.1. The molecule has 5 heteroatoms. The SMILES string of the molecule is c1ccc(-c2nc(-c3ccccc3)nc(-c3ccc(-c4ccc5nc(-c6cccc7ccccc67)c6oc7ccccc7c6c5c4)cc3)n2)cc1. The number of fused-ring (bicyclic) bond motifs is 6. The average Bonchev–Trinajstić information content (AvgIpc) is 3.61. The number of para-hydroxylation sites is 1. The van der Waals surface area contributed by atoms with Crippen LogP contribution in [-0.4, -0.2) is 19.9 Å². The monoisotopic (exact) mass is 652 g/mol. The zero-order chi connectivity index (χ0) is 33.7. The lowest BCUT2D eigenvalue weighted by Gasteiger charge is -2.11. The third-order valence-electron chi connectivity index (χ3n) is 9.53. The van der Waals surface area contributed by atoms with Gasteiger partial charge in [0.25, 0.3) is 0 Å². The molecule has 0 radical (unpaired) electrons. The molecule has 0 bridgehead atoms. The minimum Gasteiger partial charge on any atom is -0.454 e. The molecule has 0 N–H and O–H groups in total. The van der Waals surface area contributed by atoms with Gasteiger partial charge < -0.3 is 4.42 Å². The minimum absolute atomic E-state index is 0.629. The summed E-state index contributed by atoms with van der Waals surface area (Å²) in [6.07, 6.45) is 0. The highest BCUT2D eigenvalue weighted by Crippen LogP contribution is 2.42. The molecule has 0 spiro atoms. The summed E-state index contributed by atoms with van der Waals surface area (Å²) in [5.74, 6) is 1.92. The van der Waals surface area contributed by atoms with Gasteiger partial charge in [0.05, 0.1) is 5.52 Å². The Labute approximate surface area is 293 Å². The van der Waals surface area contributed by atoms with E-state index >= 15 is 0 Å². The van der Waals surface area contributed by atoms with Gasteiger partial charge in [0.15, 0.2) is 23.1 Å². The standard InChI is InChI=1S/C46H28N4O/c1-3-13-31(14-4-1)44-48-45(32-15-5-2-6-16-32)50-46(49-44)33-24-22-29(23-25-33)34-26-27-39-38(28-34)41-37-19-9-10-21-40(37)51-43(41)42(47-39)36-20-11-17-30-12-7-8-18-35(30)36/h1-28H. The number of rotatable bonds is 5. The molecule has 5 nitrogen and oxygen atoms in total. The van der Waals surface area contributed by atoms with Crippen molar-refractivity contribution in [2.75, 3.05) is 0 Å². The summed E-state index contributed by atoms with van der Waals surface area (Å²) in [5.41, 5.74) is 9.46. The maximum atomic E-state index is 6.61. The second kappa shape index (κ2) is 11.9. The Balaban J connectivity index is 1.10. The normalized spacial score (nSPS) is 11.5. The van der Waals surface area contributed by atoms with E-state index in [-0.39, 0.29) is 0 Å². The molecule has 0 saturated carbocycles. The van der Waals surface area contributed by atoms with E-state index < -0.39 is 0 Å². The third kappa shape index (κ3) is 5.03. The lowest BCUT2D eigenvalue weighted by Crippen LogP contribution is -2.00. The fraction of sp³-hybridized carbons (Fsp3) is 0. The number of hydrogen-bond acceptors (Lipinski definition) is 5. The van der Waals surface area contributed by atoms with Crippen molar-refractivity contribution >= 4 is 43.6 Å². The van der Waals surface area contributed by atoms with Gasteiger partial charge in [-0.25, -0.2) is 19.9 Å². The average molecular weight is 653 g/mol. The van der Waals surface area contributed by atoms with Gasteiger partial charge in [-0.05, 0) is 40.1 Å². The van der Waals surface area contributed by atoms with Gasteiger partial charge in [0.2, 0.25) is 0 Å². The van der Waals surface area contributed by atoms with Crippen molar-refractivity contribution < 1.29 is 4.42 Å². The molecule has 0 amide bonds. The highest BCUT2D eigenvalue weighted by atomic mass is 16.3. The van der Waals surface area contributed by atoms with Crippen molar-refractivity contribution in [2.45, 2.75) is 0 Å². The number of benzene rings is 7. The van der Waals surface area contributed by atoms with Gasteiger partial charge in [-0.15, -0.1) is 0 Å². The van der Waals surface area contributed by atoms with Crippen LogP contribution in [0.2, 0.25) is 0 Å². The molecular formula is C46H28N4O. The summed E-state index contributed by atoms with van der Waals surface area (Å²) in [7, 11) is 0. The number of aromatic nitrogens is 4. The van der Waals surface area contributed by atoms with Crippen LogP contribution in [0.1, 0.15) is 0 Å². The first-order chi connectivity index (χ1) is 25.3. The van der Waals surface area contributed by atoms with E-state index in [4.69, 9.17) is 24.4 Å². The highest BCUT2D eigenvalue weighted by molar-refractivity contribution is 6.22. The fourth-order valence-corrected chi connectivity index (χ4v) is 7.03. The van der Waals surface area contributed by atoms with E-state index in [1.54, 1.807) is 0 Å². The van der Waals surface area contributed by atoms with Crippen LogP contribution < -0.4 is 0 Å². The Morgan fingerprint density at radius 3 is 1.63 bits per heavy atom. The highest BCUT2D eigenvalue weighted by Gasteiger charge is 2.20. The van der Waals surface area contributed by atoms with E-state index in [2.05, 4.69) is 97.1 Å². The predicted octanol–water partition coefficient (Wildman–Crippen LogP) is 11.8. The molecule has 0 aliphatic heterocycles. The Kier molecular flexibility index (Phi) is 6.74.